The van der Waals surface area contributed by atoms with Gasteiger partial charge in [-0.1, -0.05) is 6.07 Å². The highest BCUT2D eigenvalue weighted by Gasteiger charge is 2.21. The van der Waals surface area contributed by atoms with Gasteiger partial charge in [-0.2, -0.15) is 0 Å². The highest BCUT2D eigenvalue weighted by molar-refractivity contribution is 5.96. The molecule has 1 amide bonds. The van der Waals surface area contributed by atoms with Crippen LogP contribution in [0.2, 0.25) is 0 Å². The molecule has 2 aromatic rings. The molecule has 1 aliphatic heterocycles. The van der Waals surface area contributed by atoms with E-state index in [0.717, 1.165) is 23.4 Å². The van der Waals surface area contributed by atoms with Crippen molar-refractivity contribution in [3.63, 3.8) is 0 Å². The first kappa shape index (κ1) is 11.8. The molecular formula is C14H16N4O. The number of nitrogens with zero attached hydrogens (tertiary/aromatic N) is 3. The number of anilines is 2. The third-order valence-corrected chi connectivity index (χ3v) is 3.63. The average Bonchev–Trinajstić information content (AvgIpc) is 2.74. The second kappa shape index (κ2) is 4.12. The summed E-state index contributed by atoms with van der Waals surface area (Å²) in [5.74, 6) is 0.669. The fourth-order valence-electron chi connectivity index (χ4n) is 2.44. The van der Waals surface area contributed by atoms with Crippen molar-refractivity contribution in [1.82, 2.24) is 9.55 Å². The summed E-state index contributed by atoms with van der Waals surface area (Å²) in [5, 5.41) is 0. The Morgan fingerprint density at radius 1 is 1.26 bits per heavy atom. The van der Waals surface area contributed by atoms with Crippen LogP contribution in [0.25, 0.3) is 11.3 Å². The molecule has 0 radical (unpaired) electrons. The molecule has 5 heteroatoms. The van der Waals surface area contributed by atoms with Crippen molar-refractivity contribution in [2.75, 3.05) is 17.7 Å². The summed E-state index contributed by atoms with van der Waals surface area (Å²) in [7, 11) is 3.69. The van der Waals surface area contributed by atoms with E-state index in [1.54, 1.807) is 9.47 Å². The number of carbonyl (C=O) groups excluding carboxylic acids is 1. The maximum absolute atomic E-state index is 11.7. The van der Waals surface area contributed by atoms with E-state index in [-0.39, 0.29) is 5.91 Å². The van der Waals surface area contributed by atoms with Crippen LogP contribution in [0.3, 0.4) is 0 Å². The summed E-state index contributed by atoms with van der Waals surface area (Å²) in [5.41, 5.74) is 9.83. The number of imidazole rings is 1. The number of benzene rings is 1. The molecule has 0 saturated heterocycles. The first-order valence-electron chi connectivity index (χ1n) is 6.25. The number of carbonyl (C=O) groups is 1. The number of nitrogen functional groups attached to an aromatic ring is 1. The number of aryl methyl sites for hydroxylation is 2. The molecule has 3 rings (SSSR count). The van der Waals surface area contributed by atoms with Gasteiger partial charge in [0.05, 0.1) is 5.69 Å². The Hall–Kier alpha value is -2.30. The number of hydrogen-bond acceptors (Lipinski definition) is 3. The van der Waals surface area contributed by atoms with Crippen LogP contribution in [0.5, 0.6) is 0 Å². The van der Waals surface area contributed by atoms with E-state index in [2.05, 4.69) is 11.1 Å². The topological polar surface area (TPSA) is 64.2 Å². The number of nitrogens with two attached hydrogens (primary N) is 1. The Labute approximate surface area is 111 Å². The van der Waals surface area contributed by atoms with Crippen molar-refractivity contribution in [2.24, 2.45) is 7.05 Å². The standard InChI is InChI=1S/C14H16N4O/c1-17-8-11(16-14(17)15)9-3-5-12-10(7-9)4-6-13(19)18(12)2/h3,5,7-8H,4,6H2,1-2H3,(H2,15,16). The van der Waals surface area contributed by atoms with E-state index in [1.807, 2.05) is 32.4 Å². The first-order valence-corrected chi connectivity index (χ1v) is 6.25. The maximum atomic E-state index is 11.7. The van der Waals surface area contributed by atoms with Crippen molar-refractivity contribution in [1.29, 1.82) is 0 Å². The summed E-state index contributed by atoms with van der Waals surface area (Å²) < 4.78 is 1.80. The SMILES string of the molecule is CN1C(=O)CCc2cc(-c3cn(C)c(N)n3)ccc21. The Bertz CT molecular complexity index is 640. The quantitative estimate of drug-likeness (QED) is 0.842. The van der Waals surface area contributed by atoms with Crippen LogP contribution in [-0.2, 0) is 18.3 Å². The van der Waals surface area contributed by atoms with Gasteiger partial charge in [0.25, 0.3) is 0 Å². The minimum atomic E-state index is 0.169. The molecule has 2 heterocycles. The molecule has 1 aromatic heterocycles. The summed E-state index contributed by atoms with van der Waals surface area (Å²) in [6.45, 7) is 0. The average molecular weight is 256 g/mol. The number of hydrogen-bond donors (Lipinski definition) is 1. The van der Waals surface area contributed by atoms with Gasteiger partial charge in [0.1, 0.15) is 0 Å². The molecule has 2 N–H and O–H groups in total. The van der Waals surface area contributed by atoms with Crippen LogP contribution < -0.4 is 10.6 Å². The van der Waals surface area contributed by atoms with Crippen LogP contribution in [0.4, 0.5) is 11.6 Å². The smallest absolute Gasteiger partial charge is 0.227 e. The van der Waals surface area contributed by atoms with E-state index in [0.29, 0.717) is 12.4 Å². The van der Waals surface area contributed by atoms with Gasteiger partial charge < -0.3 is 15.2 Å². The fourth-order valence-corrected chi connectivity index (χ4v) is 2.44. The molecule has 98 valence electrons. The van der Waals surface area contributed by atoms with Gasteiger partial charge in [-0.05, 0) is 24.1 Å². The predicted molar refractivity (Wildman–Crippen MR) is 74.8 cm³/mol. The van der Waals surface area contributed by atoms with Crippen LogP contribution in [0, 0.1) is 0 Å². The van der Waals surface area contributed by atoms with Gasteiger partial charge in [-0.3, -0.25) is 4.79 Å². The Balaban J connectivity index is 2.04. The van der Waals surface area contributed by atoms with E-state index >= 15 is 0 Å². The normalized spacial score (nSPS) is 14.6. The lowest BCUT2D eigenvalue weighted by Gasteiger charge is -2.25. The molecule has 0 aliphatic carbocycles. The number of rotatable bonds is 1. The molecule has 0 atom stereocenters. The summed E-state index contributed by atoms with van der Waals surface area (Å²) >= 11 is 0. The zero-order valence-corrected chi connectivity index (χ0v) is 11.1. The maximum Gasteiger partial charge on any atom is 0.227 e. The van der Waals surface area contributed by atoms with Gasteiger partial charge in [-0.15, -0.1) is 0 Å². The lowest BCUT2D eigenvalue weighted by atomic mass is 9.98. The highest BCUT2D eigenvalue weighted by Crippen LogP contribution is 2.31. The fraction of sp³-hybridized carbons (Fsp3) is 0.286. The van der Waals surface area contributed by atoms with Crippen molar-refractivity contribution >= 4 is 17.5 Å². The third-order valence-electron chi connectivity index (χ3n) is 3.63. The summed E-state index contributed by atoms with van der Waals surface area (Å²) in [4.78, 5) is 17.7. The van der Waals surface area contributed by atoms with Gasteiger partial charge in [0.2, 0.25) is 5.91 Å². The minimum Gasteiger partial charge on any atom is -0.369 e. The number of fused-ring (bicyclic) bond motifs is 1. The van der Waals surface area contributed by atoms with E-state index in [4.69, 9.17) is 5.73 Å². The molecular weight excluding hydrogens is 240 g/mol. The number of amides is 1. The van der Waals surface area contributed by atoms with Crippen LogP contribution in [0.15, 0.2) is 24.4 Å². The molecule has 1 aromatic carbocycles. The Kier molecular flexibility index (Phi) is 2.55. The molecule has 0 bridgehead atoms. The largest absolute Gasteiger partial charge is 0.369 e. The second-order valence-electron chi connectivity index (χ2n) is 4.89. The number of aromatic nitrogens is 2. The van der Waals surface area contributed by atoms with Crippen molar-refractivity contribution < 1.29 is 4.79 Å². The second-order valence-corrected chi connectivity index (χ2v) is 4.89. The van der Waals surface area contributed by atoms with Gasteiger partial charge in [-0.25, -0.2) is 4.98 Å². The molecule has 19 heavy (non-hydrogen) atoms. The van der Waals surface area contributed by atoms with E-state index < -0.39 is 0 Å². The zero-order valence-electron chi connectivity index (χ0n) is 11.1. The third kappa shape index (κ3) is 1.87. The lowest BCUT2D eigenvalue weighted by Crippen LogP contribution is -2.30. The first-order chi connectivity index (χ1) is 9.06. The van der Waals surface area contributed by atoms with Crippen molar-refractivity contribution in [2.45, 2.75) is 12.8 Å². The van der Waals surface area contributed by atoms with Gasteiger partial charge in [0, 0.05) is 38.0 Å². The monoisotopic (exact) mass is 256 g/mol. The minimum absolute atomic E-state index is 0.169. The lowest BCUT2D eigenvalue weighted by molar-refractivity contribution is -0.118. The van der Waals surface area contributed by atoms with Crippen LogP contribution >= 0.6 is 0 Å². The van der Waals surface area contributed by atoms with Gasteiger partial charge >= 0.3 is 0 Å². The molecule has 0 unspecified atom stereocenters. The zero-order chi connectivity index (χ0) is 13.6. The van der Waals surface area contributed by atoms with Crippen LogP contribution in [0.1, 0.15) is 12.0 Å². The summed E-state index contributed by atoms with van der Waals surface area (Å²) in [6.07, 6.45) is 3.26. The van der Waals surface area contributed by atoms with E-state index in [1.165, 1.54) is 5.56 Å². The molecule has 1 aliphatic rings. The Morgan fingerprint density at radius 2 is 2.05 bits per heavy atom. The van der Waals surface area contributed by atoms with E-state index in [9.17, 15) is 4.79 Å². The molecule has 0 saturated carbocycles. The Morgan fingerprint density at radius 3 is 2.74 bits per heavy atom. The van der Waals surface area contributed by atoms with Crippen LogP contribution in [-0.4, -0.2) is 22.5 Å². The molecule has 5 nitrogen and oxygen atoms in total. The molecule has 0 fully saturated rings. The van der Waals surface area contributed by atoms with Gasteiger partial charge in [0.15, 0.2) is 5.95 Å². The summed E-state index contributed by atoms with van der Waals surface area (Å²) in [6, 6.07) is 6.06. The molecule has 0 spiro atoms. The predicted octanol–water partition coefficient (Wildman–Crippen LogP) is 1.58. The highest BCUT2D eigenvalue weighted by atomic mass is 16.2. The van der Waals surface area contributed by atoms with Crippen molar-refractivity contribution in [3.05, 3.63) is 30.0 Å². The van der Waals surface area contributed by atoms with Crippen molar-refractivity contribution in [3.8, 4) is 11.3 Å².